The Bertz CT molecular complexity index is 2450. The molecule has 64 heavy (non-hydrogen) atoms. The number of hydrogen-bond donors (Lipinski definition) is 2. The second kappa shape index (κ2) is 19.2. The minimum atomic E-state index is -0.262. The van der Waals surface area contributed by atoms with Gasteiger partial charge in [0.05, 0.1) is 17.4 Å². The van der Waals surface area contributed by atoms with E-state index in [0.29, 0.717) is 42.4 Å². The standard InChI is InChI=1S/C48H61N11O5/c1-32-40-30-50-48(53-44(40)59(36-9-5-6-10-36)47(64)43(32)33(2)60)51-41-15-13-38(29-49-41)57-26-22-55(23-27-57)19-18-54-20-24-56(25-21-54)37-12-14-39-35(28-37)31-58(46(39)63)17-7-3-4-8-34-11-16-42(61)52-45(34)62/h12-15,28-30,34,36H,3-11,16-27,31H2,1-2H3,(H,52,61,62)(H,49,50,51,53). The van der Waals surface area contributed by atoms with Gasteiger partial charge in [0.25, 0.3) is 11.5 Å². The van der Waals surface area contributed by atoms with Gasteiger partial charge in [0, 0.05) is 120 Å². The highest BCUT2D eigenvalue weighted by molar-refractivity contribution is 6.00. The summed E-state index contributed by atoms with van der Waals surface area (Å²) in [4.78, 5) is 88.7. The number of amides is 3. The highest BCUT2D eigenvalue weighted by Crippen LogP contribution is 2.33. The van der Waals surface area contributed by atoms with Crippen LogP contribution in [0.4, 0.5) is 23.1 Å². The average molecular weight is 872 g/mol. The van der Waals surface area contributed by atoms with Crippen LogP contribution in [0.5, 0.6) is 0 Å². The van der Waals surface area contributed by atoms with Crippen LogP contribution in [0, 0.1) is 12.8 Å². The number of hydrogen-bond acceptors (Lipinski definition) is 13. The van der Waals surface area contributed by atoms with Gasteiger partial charge in [-0.05, 0) is 87.4 Å². The van der Waals surface area contributed by atoms with Gasteiger partial charge < -0.3 is 20.0 Å². The number of imide groups is 1. The molecule has 1 aliphatic carbocycles. The van der Waals surface area contributed by atoms with E-state index >= 15 is 0 Å². The molecule has 16 heteroatoms. The average Bonchev–Trinajstić information content (AvgIpc) is 3.94. The molecular weight excluding hydrogens is 811 g/mol. The Hall–Kier alpha value is -5.74. The highest BCUT2D eigenvalue weighted by Gasteiger charge is 2.30. The maximum Gasteiger partial charge on any atom is 0.263 e. The number of carbonyl (C=O) groups excluding carboxylic acids is 4. The summed E-state index contributed by atoms with van der Waals surface area (Å²) >= 11 is 0. The van der Waals surface area contributed by atoms with Crippen molar-refractivity contribution in [2.75, 3.05) is 87.1 Å². The Morgan fingerprint density at radius 1 is 0.797 bits per heavy atom. The van der Waals surface area contributed by atoms with Crippen molar-refractivity contribution in [2.45, 2.75) is 90.6 Å². The van der Waals surface area contributed by atoms with E-state index in [1.807, 2.05) is 23.2 Å². The van der Waals surface area contributed by atoms with E-state index < -0.39 is 0 Å². The summed E-state index contributed by atoms with van der Waals surface area (Å²) in [7, 11) is 0. The highest BCUT2D eigenvalue weighted by atomic mass is 16.2. The number of nitrogens with zero attached hydrogens (tertiary/aromatic N) is 9. The molecular formula is C48H61N11O5. The number of Topliss-reactive ketones (excluding diaryl/α,β-unsaturated/α-hetero) is 1. The third kappa shape index (κ3) is 9.39. The van der Waals surface area contributed by atoms with Gasteiger partial charge in [-0.1, -0.05) is 25.7 Å². The van der Waals surface area contributed by atoms with E-state index in [4.69, 9.17) is 9.97 Å². The van der Waals surface area contributed by atoms with Gasteiger partial charge in [-0.3, -0.25) is 43.7 Å². The molecule has 1 saturated carbocycles. The molecule has 0 radical (unpaired) electrons. The van der Waals surface area contributed by atoms with Crippen molar-refractivity contribution in [2.24, 2.45) is 5.92 Å². The number of unbranched alkanes of at least 4 members (excludes halogenated alkanes) is 2. The molecule has 0 spiro atoms. The first-order valence-electron chi connectivity index (χ1n) is 23.5. The molecule has 0 bridgehead atoms. The zero-order valence-electron chi connectivity index (χ0n) is 37.3. The molecule has 1 atom stereocenters. The minimum absolute atomic E-state index is 0.0197. The Balaban J connectivity index is 0.700. The first kappa shape index (κ1) is 43.5. The maximum atomic E-state index is 13.6. The van der Waals surface area contributed by atoms with Crippen molar-refractivity contribution < 1.29 is 19.2 Å². The topological polar surface area (TPSA) is 169 Å². The van der Waals surface area contributed by atoms with Crippen LogP contribution in [0.25, 0.3) is 11.0 Å². The number of aryl methyl sites for hydroxylation is 1. The largest absolute Gasteiger partial charge is 0.369 e. The lowest BCUT2D eigenvalue weighted by atomic mass is 9.92. The molecule has 3 amide bonds. The molecule has 1 aromatic carbocycles. The van der Waals surface area contributed by atoms with Gasteiger partial charge in [0.1, 0.15) is 11.5 Å². The summed E-state index contributed by atoms with van der Waals surface area (Å²) in [5.74, 6) is 0.496. The van der Waals surface area contributed by atoms with E-state index in [2.05, 4.69) is 53.4 Å². The molecule has 2 N–H and O–H groups in total. The first-order valence-corrected chi connectivity index (χ1v) is 23.5. The monoisotopic (exact) mass is 871 g/mol. The smallest absolute Gasteiger partial charge is 0.263 e. The quantitative estimate of drug-likeness (QED) is 0.0924. The predicted octanol–water partition coefficient (Wildman–Crippen LogP) is 5.07. The van der Waals surface area contributed by atoms with Crippen LogP contribution < -0.4 is 26.0 Å². The lowest BCUT2D eigenvalue weighted by molar-refractivity contribution is -0.136. The van der Waals surface area contributed by atoms with Crippen LogP contribution >= 0.6 is 0 Å². The van der Waals surface area contributed by atoms with Crippen LogP contribution in [0.1, 0.15) is 109 Å². The number of anilines is 4. The van der Waals surface area contributed by atoms with Crippen molar-refractivity contribution in [1.29, 1.82) is 0 Å². The molecule has 1 unspecified atom stereocenters. The summed E-state index contributed by atoms with van der Waals surface area (Å²) in [5.41, 5.74) is 5.35. The number of aromatic nitrogens is 4. The molecule has 3 aromatic heterocycles. The fraction of sp³-hybridized carbons (Fsp3) is 0.542. The number of piperazine rings is 2. The van der Waals surface area contributed by atoms with E-state index in [9.17, 15) is 24.0 Å². The molecule has 4 aliphatic heterocycles. The van der Waals surface area contributed by atoms with Gasteiger partial charge in [-0.25, -0.2) is 9.97 Å². The lowest BCUT2D eigenvalue weighted by Crippen LogP contribution is -2.51. The number of piperidine rings is 1. The fourth-order valence-electron chi connectivity index (χ4n) is 10.4. The van der Waals surface area contributed by atoms with Crippen LogP contribution in [0.3, 0.4) is 0 Å². The number of ketones is 1. The van der Waals surface area contributed by atoms with Crippen LogP contribution in [0.2, 0.25) is 0 Å². The number of rotatable bonds is 15. The number of fused-ring (bicyclic) bond motifs is 2. The number of nitrogens with one attached hydrogen (secondary N) is 2. The summed E-state index contributed by atoms with van der Waals surface area (Å²) in [6, 6.07) is 10.4. The zero-order valence-corrected chi connectivity index (χ0v) is 37.3. The summed E-state index contributed by atoms with van der Waals surface area (Å²) in [5, 5.41) is 6.41. The minimum Gasteiger partial charge on any atom is -0.369 e. The van der Waals surface area contributed by atoms with Crippen LogP contribution in [-0.4, -0.2) is 130 Å². The van der Waals surface area contributed by atoms with Crippen LogP contribution in [-0.2, 0) is 16.1 Å². The summed E-state index contributed by atoms with van der Waals surface area (Å²) < 4.78 is 1.73. The molecule has 16 nitrogen and oxygen atoms in total. The first-order chi connectivity index (χ1) is 31.1. The predicted molar refractivity (Wildman–Crippen MR) is 246 cm³/mol. The number of benzene rings is 1. The molecule has 4 fully saturated rings. The molecule has 5 aliphatic rings. The molecule has 338 valence electrons. The number of carbonyl (C=O) groups is 4. The van der Waals surface area contributed by atoms with Gasteiger partial charge >= 0.3 is 0 Å². The summed E-state index contributed by atoms with van der Waals surface area (Å²) in [6.07, 6.45) is 12.1. The Morgan fingerprint density at radius 3 is 2.17 bits per heavy atom. The van der Waals surface area contributed by atoms with Gasteiger partial charge in [0.15, 0.2) is 5.78 Å². The maximum absolute atomic E-state index is 13.6. The van der Waals surface area contributed by atoms with Crippen LogP contribution in [0.15, 0.2) is 47.5 Å². The third-order valence-electron chi connectivity index (χ3n) is 14.2. The number of pyridine rings is 2. The lowest BCUT2D eigenvalue weighted by Gasteiger charge is -2.39. The molecule has 9 rings (SSSR count). The summed E-state index contributed by atoms with van der Waals surface area (Å²) in [6.45, 7) is 14.5. The van der Waals surface area contributed by atoms with Crippen molar-refractivity contribution in [1.82, 2.24) is 39.5 Å². The second-order valence-electron chi connectivity index (χ2n) is 18.4. The van der Waals surface area contributed by atoms with E-state index in [1.54, 1.807) is 17.7 Å². The Kier molecular flexibility index (Phi) is 13.0. The second-order valence-corrected chi connectivity index (χ2v) is 18.4. The van der Waals surface area contributed by atoms with E-state index in [0.717, 1.165) is 146 Å². The van der Waals surface area contributed by atoms with Gasteiger partial charge in [0.2, 0.25) is 17.8 Å². The van der Waals surface area contributed by atoms with Crippen molar-refractivity contribution >= 4 is 57.7 Å². The fourth-order valence-corrected chi connectivity index (χ4v) is 10.4. The Morgan fingerprint density at radius 2 is 1.50 bits per heavy atom. The van der Waals surface area contributed by atoms with Crippen molar-refractivity contribution in [3.8, 4) is 0 Å². The molecule has 4 aromatic rings. The third-order valence-corrected chi connectivity index (χ3v) is 14.2. The SMILES string of the molecule is CC(=O)c1c(C)c2cnc(Nc3ccc(N4CCN(CCN5CCN(c6ccc7c(c6)CN(CCCCCC6CCC(=O)NC6=O)C7=O)CC5)CC4)cn3)nc2n(C2CCCC2)c1=O. The normalized spacial score (nSPS) is 20.1. The zero-order chi connectivity index (χ0) is 44.3. The Labute approximate surface area is 374 Å². The van der Waals surface area contributed by atoms with E-state index in [-0.39, 0.29) is 46.6 Å². The van der Waals surface area contributed by atoms with Gasteiger partial charge in [-0.2, -0.15) is 4.98 Å². The molecule has 3 saturated heterocycles. The van der Waals surface area contributed by atoms with Crippen molar-refractivity contribution in [3.05, 3.63) is 75.3 Å². The van der Waals surface area contributed by atoms with Gasteiger partial charge in [-0.15, -0.1) is 0 Å². The van der Waals surface area contributed by atoms with Crippen molar-refractivity contribution in [3.63, 3.8) is 0 Å². The molecule has 7 heterocycles. The van der Waals surface area contributed by atoms with E-state index in [1.165, 1.54) is 12.6 Å².